The lowest BCUT2D eigenvalue weighted by molar-refractivity contribution is -0.433. The van der Waals surface area contributed by atoms with Gasteiger partial charge in [-0.15, -0.1) is 0 Å². The summed E-state index contributed by atoms with van der Waals surface area (Å²) in [5.74, 6) is 0.852. The molecule has 0 bridgehead atoms. The molecule has 4 aromatic rings. The molecule has 0 amide bonds. The predicted molar refractivity (Wildman–Crippen MR) is 215 cm³/mol. The summed E-state index contributed by atoms with van der Waals surface area (Å²) < 4.78 is 8.08. The molecule has 2 heterocycles. The van der Waals surface area contributed by atoms with Crippen molar-refractivity contribution in [3.05, 3.63) is 161 Å². The second-order valence-electron chi connectivity index (χ2n) is 15.0. The van der Waals surface area contributed by atoms with Crippen LogP contribution < -0.4 is 14.5 Å². The molecule has 0 aromatic heterocycles. The van der Waals surface area contributed by atoms with Gasteiger partial charge >= 0.3 is 0 Å². The normalized spacial score (nSPS) is 19.1. The van der Waals surface area contributed by atoms with Crippen molar-refractivity contribution in [3.8, 4) is 5.75 Å². The number of anilines is 3. The molecule has 0 N–H and O–H groups in total. The summed E-state index contributed by atoms with van der Waals surface area (Å²) in [5.41, 5.74) is 15.3. The second-order valence-corrected chi connectivity index (χ2v) is 15.0. The monoisotopic (exact) mass is 674 g/mol. The second kappa shape index (κ2) is 13.6. The summed E-state index contributed by atoms with van der Waals surface area (Å²) in [4.78, 5) is 4.95. The number of rotatable bonds is 9. The molecular weight excluding hydrogens is 623 g/mol. The van der Waals surface area contributed by atoms with Crippen molar-refractivity contribution in [1.29, 1.82) is 0 Å². The Kier molecular flexibility index (Phi) is 9.14. The van der Waals surface area contributed by atoms with Crippen molar-refractivity contribution in [2.75, 3.05) is 30.0 Å². The molecule has 0 saturated carbocycles. The number of methoxy groups -OCH3 is 1. The highest BCUT2D eigenvalue weighted by molar-refractivity contribution is 6.03. The number of ether oxygens (including phenoxy) is 1. The molecule has 260 valence electrons. The quantitative estimate of drug-likeness (QED) is 0.165. The van der Waals surface area contributed by atoms with Crippen molar-refractivity contribution in [2.24, 2.45) is 0 Å². The van der Waals surface area contributed by atoms with Crippen molar-refractivity contribution in [1.82, 2.24) is 0 Å². The third kappa shape index (κ3) is 5.95. The van der Waals surface area contributed by atoms with Crippen molar-refractivity contribution in [3.63, 3.8) is 0 Å². The average molecular weight is 675 g/mol. The fraction of sp³-hybridized carbons (Fsp3) is 0.298. The first-order valence-electron chi connectivity index (χ1n) is 18.6. The van der Waals surface area contributed by atoms with Crippen molar-refractivity contribution >= 4 is 28.5 Å². The number of hydrogen-bond acceptors (Lipinski definition) is 3. The molecule has 3 aliphatic rings. The molecule has 0 radical (unpaired) electrons. The first-order chi connectivity index (χ1) is 24.6. The van der Waals surface area contributed by atoms with E-state index in [4.69, 9.17) is 4.74 Å². The van der Waals surface area contributed by atoms with Gasteiger partial charge in [0.2, 0.25) is 5.69 Å². The standard InChI is InChI=1S/C47H52N3O/c1-9-48-41-17-13-11-15-39(41)46(4,5)43(48)31-23-34-21-22-35(24-32-44-47(6,7)40-16-12-14-18-42(40)49(44)10-2)45(34)50(36-25-19-33(3)20-26-36)37-27-29-38(51-8)30-28-37/h11-20,23-32H,9-10,21-22H2,1-8H3/q+1. The van der Waals surface area contributed by atoms with Gasteiger partial charge in [-0.3, -0.25) is 0 Å². The van der Waals surface area contributed by atoms with Crippen LogP contribution in [0.25, 0.3) is 0 Å². The lowest BCUT2D eigenvalue weighted by Crippen LogP contribution is -2.27. The number of hydrogen-bond donors (Lipinski definition) is 0. The average Bonchev–Trinajstić information content (AvgIpc) is 3.71. The van der Waals surface area contributed by atoms with E-state index < -0.39 is 0 Å². The van der Waals surface area contributed by atoms with Gasteiger partial charge in [0.25, 0.3) is 0 Å². The smallest absolute Gasteiger partial charge is 0.209 e. The van der Waals surface area contributed by atoms with E-state index in [1.807, 2.05) is 0 Å². The van der Waals surface area contributed by atoms with Gasteiger partial charge in [0.1, 0.15) is 12.3 Å². The Morgan fingerprint density at radius 2 is 1.39 bits per heavy atom. The van der Waals surface area contributed by atoms with Crippen LogP contribution in [0.2, 0.25) is 0 Å². The fourth-order valence-electron chi connectivity index (χ4n) is 8.48. The number of benzene rings is 4. The number of aryl methyl sites for hydroxylation is 1. The summed E-state index contributed by atoms with van der Waals surface area (Å²) in [6.45, 7) is 18.0. The van der Waals surface area contributed by atoms with Crippen LogP contribution >= 0.6 is 0 Å². The van der Waals surface area contributed by atoms with E-state index in [1.165, 1.54) is 56.3 Å². The molecule has 1 aliphatic carbocycles. The zero-order chi connectivity index (χ0) is 35.9. The van der Waals surface area contributed by atoms with Gasteiger partial charge in [0, 0.05) is 52.4 Å². The molecule has 7 rings (SSSR count). The van der Waals surface area contributed by atoms with E-state index in [0.29, 0.717) is 0 Å². The van der Waals surface area contributed by atoms with Gasteiger partial charge in [0.15, 0.2) is 5.71 Å². The number of likely N-dealkylation sites (N-methyl/N-ethyl adjacent to an activating group) is 1. The van der Waals surface area contributed by atoms with Gasteiger partial charge in [-0.05, 0) is 113 Å². The summed E-state index contributed by atoms with van der Waals surface area (Å²) >= 11 is 0. The van der Waals surface area contributed by atoms with E-state index in [2.05, 4.69) is 184 Å². The summed E-state index contributed by atoms with van der Waals surface area (Å²) in [5, 5.41) is 0. The van der Waals surface area contributed by atoms with Gasteiger partial charge in [-0.2, -0.15) is 4.58 Å². The van der Waals surface area contributed by atoms with E-state index in [-0.39, 0.29) is 10.8 Å². The molecule has 0 saturated heterocycles. The maximum Gasteiger partial charge on any atom is 0.209 e. The van der Waals surface area contributed by atoms with Crippen LogP contribution in [-0.4, -0.2) is 30.5 Å². The van der Waals surface area contributed by atoms with Crippen LogP contribution in [-0.2, 0) is 10.8 Å². The molecule has 4 nitrogen and oxygen atoms in total. The molecule has 4 aromatic carbocycles. The first-order valence-corrected chi connectivity index (χ1v) is 18.6. The Labute approximate surface area is 305 Å². The van der Waals surface area contributed by atoms with Gasteiger partial charge < -0.3 is 14.5 Å². The summed E-state index contributed by atoms with van der Waals surface area (Å²) in [7, 11) is 1.73. The maximum atomic E-state index is 5.59. The minimum Gasteiger partial charge on any atom is -0.497 e. The molecule has 0 fully saturated rings. The van der Waals surface area contributed by atoms with E-state index >= 15 is 0 Å². The lowest BCUT2D eigenvalue weighted by atomic mass is 9.81. The summed E-state index contributed by atoms with van der Waals surface area (Å²) in [6.07, 6.45) is 11.6. The van der Waals surface area contributed by atoms with E-state index in [0.717, 1.165) is 43.1 Å². The maximum absolute atomic E-state index is 5.59. The van der Waals surface area contributed by atoms with Crippen molar-refractivity contribution in [2.45, 2.75) is 72.1 Å². The minimum atomic E-state index is -0.0924. The SMILES string of the molecule is CCN1/C(=C/C=C2\CCC(/C=C/C3=[N+](CC)c4ccccc4C3(C)C)=C2N(c2ccc(C)cc2)c2ccc(OC)cc2)C(C)(C)c2ccccc21. The van der Waals surface area contributed by atoms with Crippen LogP contribution in [0.4, 0.5) is 22.7 Å². The molecule has 0 atom stereocenters. The third-order valence-corrected chi connectivity index (χ3v) is 11.2. The number of para-hydroxylation sites is 2. The highest BCUT2D eigenvalue weighted by atomic mass is 16.5. The Bertz CT molecular complexity index is 2110. The van der Waals surface area contributed by atoms with E-state index in [9.17, 15) is 0 Å². The Hall–Kier alpha value is -5.09. The molecule has 0 unspecified atom stereocenters. The van der Waals surface area contributed by atoms with Crippen LogP contribution in [0.3, 0.4) is 0 Å². The highest BCUT2D eigenvalue weighted by Crippen LogP contribution is 2.48. The first kappa shape index (κ1) is 34.4. The Morgan fingerprint density at radius 1 is 0.745 bits per heavy atom. The van der Waals surface area contributed by atoms with Crippen LogP contribution in [0.15, 0.2) is 144 Å². The fourth-order valence-corrected chi connectivity index (χ4v) is 8.48. The molecule has 4 heteroatoms. The Morgan fingerprint density at radius 3 is 2.06 bits per heavy atom. The third-order valence-electron chi connectivity index (χ3n) is 11.2. The van der Waals surface area contributed by atoms with E-state index in [1.54, 1.807) is 7.11 Å². The summed E-state index contributed by atoms with van der Waals surface area (Å²) in [6, 6.07) is 35.2. The molecule has 51 heavy (non-hydrogen) atoms. The van der Waals surface area contributed by atoms with Crippen LogP contribution in [0.1, 0.15) is 71.1 Å². The van der Waals surface area contributed by atoms with Crippen molar-refractivity contribution < 1.29 is 9.31 Å². The molecule has 2 aliphatic heterocycles. The van der Waals surface area contributed by atoms with Gasteiger partial charge in [-0.1, -0.05) is 80.1 Å². The highest BCUT2D eigenvalue weighted by Gasteiger charge is 2.44. The predicted octanol–water partition coefficient (Wildman–Crippen LogP) is 11.5. The van der Waals surface area contributed by atoms with Gasteiger partial charge in [-0.25, -0.2) is 0 Å². The number of nitrogens with zero attached hydrogens (tertiary/aromatic N) is 3. The minimum absolute atomic E-state index is 0.0924. The zero-order valence-electron chi connectivity index (χ0n) is 31.6. The Balaban J connectivity index is 1.41. The van der Waals surface area contributed by atoms with Crippen LogP contribution in [0.5, 0.6) is 5.75 Å². The topological polar surface area (TPSA) is 18.7 Å². The number of allylic oxidation sites excluding steroid dienone is 7. The molecule has 0 spiro atoms. The largest absolute Gasteiger partial charge is 0.497 e. The van der Waals surface area contributed by atoms with Crippen LogP contribution in [0, 0.1) is 6.92 Å². The molecular formula is C47H52N3O+. The lowest BCUT2D eigenvalue weighted by Gasteiger charge is -2.29. The zero-order valence-corrected chi connectivity index (χ0v) is 31.6. The van der Waals surface area contributed by atoms with Gasteiger partial charge in [0.05, 0.1) is 18.2 Å². The number of fused-ring (bicyclic) bond motifs is 2.